The number of aryl methyl sites for hydroxylation is 2. The van der Waals surface area contributed by atoms with Gasteiger partial charge in [0.25, 0.3) is 5.91 Å². The lowest BCUT2D eigenvalue weighted by molar-refractivity contribution is -0.128. The standard InChI is InChI=1S/C18H24N2O3/c1-23-9-8-20-12-16(11-17(20)21)19-18(22)15-7-6-13-4-2-3-5-14(13)10-15/h6-7,10,16H,2-5,8-9,11-12H2,1H3,(H,19,22)/t16-/m1/s1. The molecule has 0 spiro atoms. The zero-order valence-electron chi connectivity index (χ0n) is 13.6. The van der Waals surface area contributed by atoms with Gasteiger partial charge in [0.2, 0.25) is 5.91 Å². The molecular formula is C18H24N2O3. The van der Waals surface area contributed by atoms with Gasteiger partial charge < -0.3 is 15.0 Å². The fourth-order valence-corrected chi connectivity index (χ4v) is 3.43. The van der Waals surface area contributed by atoms with E-state index in [1.165, 1.54) is 24.0 Å². The van der Waals surface area contributed by atoms with Gasteiger partial charge in [-0.25, -0.2) is 0 Å². The lowest BCUT2D eigenvalue weighted by atomic mass is 9.90. The Hall–Kier alpha value is -1.88. The average molecular weight is 316 g/mol. The maximum Gasteiger partial charge on any atom is 0.251 e. The van der Waals surface area contributed by atoms with Crippen molar-refractivity contribution >= 4 is 11.8 Å². The van der Waals surface area contributed by atoms with Gasteiger partial charge in [0, 0.05) is 32.2 Å². The highest BCUT2D eigenvalue weighted by molar-refractivity contribution is 5.95. The summed E-state index contributed by atoms with van der Waals surface area (Å²) in [5.74, 6) is 0.00237. The minimum absolute atomic E-state index is 0.0789. The van der Waals surface area contributed by atoms with E-state index in [0.717, 1.165) is 12.8 Å². The molecule has 5 nitrogen and oxygen atoms in total. The molecule has 0 aromatic heterocycles. The number of likely N-dealkylation sites (tertiary alicyclic amines) is 1. The van der Waals surface area contributed by atoms with Crippen LogP contribution in [0.1, 0.15) is 40.7 Å². The molecule has 23 heavy (non-hydrogen) atoms. The van der Waals surface area contributed by atoms with Crippen LogP contribution in [-0.4, -0.2) is 49.6 Å². The molecule has 3 rings (SSSR count). The van der Waals surface area contributed by atoms with E-state index in [2.05, 4.69) is 11.4 Å². The zero-order valence-corrected chi connectivity index (χ0v) is 13.6. The minimum atomic E-state index is -0.108. The van der Waals surface area contributed by atoms with Crippen LogP contribution in [0.25, 0.3) is 0 Å². The van der Waals surface area contributed by atoms with Gasteiger partial charge in [-0.3, -0.25) is 9.59 Å². The highest BCUT2D eigenvalue weighted by atomic mass is 16.5. The summed E-state index contributed by atoms with van der Waals surface area (Å²) in [7, 11) is 1.62. The number of rotatable bonds is 5. The fraction of sp³-hybridized carbons (Fsp3) is 0.556. The maximum absolute atomic E-state index is 12.4. The Morgan fingerprint density at radius 2 is 2.09 bits per heavy atom. The third-order valence-corrected chi connectivity index (χ3v) is 4.73. The molecule has 0 bridgehead atoms. The second kappa shape index (κ2) is 7.13. The number of nitrogens with one attached hydrogen (secondary N) is 1. The van der Waals surface area contributed by atoms with Crippen molar-refractivity contribution in [1.29, 1.82) is 0 Å². The number of carbonyl (C=O) groups excluding carboxylic acids is 2. The van der Waals surface area contributed by atoms with Crippen molar-refractivity contribution in [3.05, 3.63) is 34.9 Å². The third kappa shape index (κ3) is 3.72. The summed E-state index contributed by atoms with van der Waals surface area (Å²) in [4.78, 5) is 26.1. The molecule has 1 aliphatic carbocycles. The Balaban J connectivity index is 1.60. The predicted molar refractivity (Wildman–Crippen MR) is 87.4 cm³/mol. The van der Waals surface area contributed by atoms with Crippen LogP contribution >= 0.6 is 0 Å². The van der Waals surface area contributed by atoms with Gasteiger partial charge in [0.15, 0.2) is 0 Å². The molecule has 2 aliphatic rings. The molecule has 124 valence electrons. The normalized spacial score (nSPS) is 20.5. The molecule has 1 heterocycles. The van der Waals surface area contributed by atoms with Crippen LogP contribution in [0.3, 0.4) is 0 Å². The topological polar surface area (TPSA) is 58.6 Å². The summed E-state index contributed by atoms with van der Waals surface area (Å²) < 4.78 is 5.01. The number of methoxy groups -OCH3 is 1. The van der Waals surface area contributed by atoms with E-state index in [1.807, 2.05) is 12.1 Å². The lowest BCUT2D eigenvalue weighted by Crippen LogP contribution is -2.37. The summed E-state index contributed by atoms with van der Waals surface area (Å²) in [6.07, 6.45) is 4.98. The number of benzene rings is 1. The molecular weight excluding hydrogens is 292 g/mol. The number of carbonyl (C=O) groups is 2. The fourth-order valence-electron chi connectivity index (χ4n) is 3.43. The molecule has 1 N–H and O–H groups in total. The Morgan fingerprint density at radius 3 is 2.87 bits per heavy atom. The highest BCUT2D eigenvalue weighted by Gasteiger charge is 2.30. The van der Waals surface area contributed by atoms with E-state index in [1.54, 1.807) is 12.0 Å². The average Bonchev–Trinajstić information content (AvgIpc) is 2.91. The zero-order chi connectivity index (χ0) is 16.2. The Bertz CT molecular complexity index is 600. The first kappa shape index (κ1) is 16.0. The first-order chi connectivity index (χ1) is 11.2. The summed E-state index contributed by atoms with van der Waals surface area (Å²) in [5, 5.41) is 3.00. The van der Waals surface area contributed by atoms with Gasteiger partial charge in [0.05, 0.1) is 12.6 Å². The summed E-state index contributed by atoms with van der Waals surface area (Å²) in [6.45, 7) is 1.68. The van der Waals surface area contributed by atoms with Gasteiger partial charge in [-0.2, -0.15) is 0 Å². The van der Waals surface area contributed by atoms with Crippen molar-refractivity contribution in [3.8, 4) is 0 Å². The SMILES string of the molecule is COCCN1C[C@H](NC(=O)c2ccc3c(c2)CCCC3)CC1=O. The maximum atomic E-state index is 12.4. The Kier molecular flexibility index (Phi) is 4.96. The first-order valence-corrected chi connectivity index (χ1v) is 8.37. The first-order valence-electron chi connectivity index (χ1n) is 8.37. The quantitative estimate of drug-likeness (QED) is 0.896. The molecule has 1 aromatic carbocycles. The number of amides is 2. The monoisotopic (exact) mass is 316 g/mol. The Morgan fingerprint density at radius 1 is 1.30 bits per heavy atom. The van der Waals surface area contributed by atoms with E-state index in [4.69, 9.17) is 4.74 Å². The number of hydrogen-bond acceptors (Lipinski definition) is 3. The molecule has 1 fully saturated rings. The van der Waals surface area contributed by atoms with Crippen molar-refractivity contribution in [1.82, 2.24) is 10.2 Å². The summed E-state index contributed by atoms with van der Waals surface area (Å²) >= 11 is 0. The highest BCUT2D eigenvalue weighted by Crippen LogP contribution is 2.22. The van der Waals surface area contributed by atoms with Crippen LogP contribution in [0.5, 0.6) is 0 Å². The van der Waals surface area contributed by atoms with Crippen LogP contribution in [0.15, 0.2) is 18.2 Å². The van der Waals surface area contributed by atoms with Crippen molar-refractivity contribution in [2.45, 2.75) is 38.1 Å². The molecule has 1 aromatic rings. The molecule has 0 saturated carbocycles. The van der Waals surface area contributed by atoms with Gasteiger partial charge >= 0.3 is 0 Å². The van der Waals surface area contributed by atoms with Gasteiger partial charge in [-0.15, -0.1) is 0 Å². The Labute approximate surface area is 137 Å². The van der Waals surface area contributed by atoms with Crippen LogP contribution in [0.2, 0.25) is 0 Å². The largest absolute Gasteiger partial charge is 0.383 e. The molecule has 5 heteroatoms. The lowest BCUT2D eigenvalue weighted by Gasteiger charge is -2.18. The number of nitrogens with zero attached hydrogens (tertiary/aromatic N) is 1. The predicted octanol–water partition coefficient (Wildman–Crippen LogP) is 1.54. The molecule has 1 saturated heterocycles. The van der Waals surface area contributed by atoms with Crippen LogP contribution in [0, 0.1) is 0 Å². The van der Waals surface area contributed by atoms with E-state index < -0.39 is 0 Å². The van der Waals surface area contributed by atoms with Crippen molar-refractivity contribution < 1.29 is 14.3 Å². The van der Waals surface area contributed by atoms with Crippen molar-refractivity contribution in [3.63, 3.8) is 0 Å². The third-order valence-electron chi connectivity index (χ3n) is 4.73. The number of fused-ring (bicyclic) bond motifs is 1. The molecule has 0 radical (unpaired) electrons. The van der Waals surface area contributed by atoms with E-state index in [-0.39, 0.29) is 17.9 Å². The van der Waals surface area contributed by atoms with Crippen LogP contribution < -0.4 is 5.32 Å². The van der Waals surface area contributed by atoms with E-state index in [0.29, 0.717) is 31.7 Å². The molecule has 2 amide bonds. The van der Waals surface area contributed by atoms with E-state index in [9.17, 15) is 9.59 Å². The van der Waals surface area contributed by atoms with Gasteiger partial charge in [0.1, 0.15) is 0 Å². The van der Waals surface area contributed by atoms with Crippen molar-refractivity contribution in [2.24, 2.45) is 0 Å². The minimum Gasteiger partial charge on any atom is -0.383 e. The van der Waals surface area contributed by atoms with Gasteiger partial charge in [-0.05, 0) is 48.9 Å². The second-order valence-corrected chi connectivity index (χ2v) is 6.40. The molecule has 1 atom stereocenters. The second-order valence-electron chi connectivity index (χ2n) is 6.40. The molecule has 1 aliphatic heterocycles. The molecule has 0 unspecified atom stereocenters. The van der Waals surface area contributed by atoms with Crippen LogP contribution in [-0.2, 0) is 22.4 Å². The summed E-state index contributed by atoms with van der Waals surface area (Å²) in [6, 6.07) is 5.89. The van der Waals surface area contributed by atoms with Crippen LogP contribution in [0.4, 0.5) is 0 Å². The number of hydrogen-bond donors (Lipinski definition) is 1. The number of ether oxygens (including phenoxy) is 1. The smallest absolute Gasteiger partial charge is 0.251 e. The van der Waals surface area contributed by atoms with Crippen molar-refractivity contribution in [2.75, 3.05) is 26.8 Å². The summed E-state index contributed by atoms with van der Waals surface area (Å²) in [5.41, 5.74) is 3.37. The van der Waals surface area contributed by atoms with E-state index >= 15 is 0 Å². The van der Waals surface area contributed by atoms with Gasteiger partial charge in [-0.1, -0.05) is 6.07 Å².